The molecule has 1 aromatic rings. The number of methoxy groups -OCH3 is 1. The van der Waals surface area contributed by atoms with Crippen LogP contribution in [0, 0.1) is 0 Å². The van der Waals surface area contributed by atoms with Crippen LogP contribution in [0.2, 0.25) is 0 Å². The second-order valence-electron chi connectivity index (χ2n) is 4.16. The van der Waals surface area contributed by atoms with E-state index in [0.717, 1.165) is 0 Å². The van der Waals surface area contributed by atoms with E-state index in [1.165, 1.54) is 13.2 Å². The van der Waals surface area contributed by atoms with Gasteiger partial charge in [0.2, 0.25) is 0 Å². The van der Waals surface area contributed by atoms with E-state index < -0.39 is 18.5 Å². The Morgan fingerprint density at radius 3 is 2.78 bits per heavy atom. The Labute approximate surface area is 106 Å². The van der Waals surface area contributed by atoms with Crippen LogP contribution >= 0.6 is 0 Å². The molecule has 1 aromatic carbocycles. The molecule has 0 aromatic heterocycles. The van der Waals surface area contributed by atoms with Crippen LogP contribution in [0.15, 0.2) is 42.5 Å². The monoisotopic (exact) mass is 248 g/mol. The number of hydrogen-bond donors (Lipinski definition) is 1. The summed E-state index contributed by atoms with van der Waals surface area (Å²) in [6, 6.07) is 8.96. The fraction of sp³-hybridized carbons (Fsp3) is 0.357. The Morgan fingerprint density at radius 2 is 2.17 bits per heavy atom. The van der Waals surface area contributed by atoms with Crippen molar-refractivity contribution in [1.29, 1.82) is 0 Å². The van der Waals surface area contributed by atoms with Crippen molar-refractivity contribution in [2.45, 2.75) is 24.9 Å². The van der Waals surface area contributed by atoms with Gasteiger partial charge in [0.05, 0.1) is 6.10 Å². The van der Waals surface area contributed by atoms with Crippen molar-refractivity contribution in [2.24, 2.45) is 0 Å². The van der Waals surface area contributed by atoms with Crippen molar-refractivity contribution in [1.82, 2.24) is 0 Å². The fourth-order valence-electron chi connectivity index (χ4n) is 1.86. The molecule has 1 N–H and O–H groups in total. The highest BCUT2D eigenvalue weighted by atomic mass is 16.7. The van der Waals surface area contributed by atoms with Crippen molar-refractivity contribution in [3.05, 3.63) is 48.0 Å². The predicted molar refractivity (Wildman–Crippen MR) is 66.2 cm³/mol. The van der Waals surface area contributed by atoms with Crippen LogP contribution in [0.1, 0.15) is 16.8 Å². The number of aliphatic hydroxyl groups is 1. The van der Waals surface area contributed by atoms with Crippen LogP contribution in [-0.4, -0.2) is 36.5 Å². The maximum Gasteiger partial charge on any atom is 0.185 e. The number of benzene rings is 1. The Balaban J connectivity index is 1.97. The van der Waals surface area contributed by atoms with E-state index in [9.17, 15) is 9.90 Å². The van der Waals surface area contributed by atoms with Crippen molar-refractivity contribution in [3.8, 4) is 0 Å². The zero-order chi connectivity index (χ0) is 13.0. The Morgan fingerprint density at radius 1 is 1.44 bits per heavy atom. The number of carbonyl (C=O) groups excluding carboxylic acids is 1. The second kappa shape index (κ2) is 5.91. The molecule has 1 saturated heterocycles. The Hall–Kier alpha value is -1.49. The standard InChI is InChI=1S/C14H16O4/c1-17-14-9-12(16)13(18-14)8-7-11(15)10-5-3-2-4-6-10/h2-8,12-14,16H,9H2,1H3/b8-7+/t12-,13+,14-/m0/s1. The van der Waals surface area contributed by atoms with Crippen molar-refractivity contribution in [3.63, 3.8) is 0 Å². The molecule has 18 heavy (non-hydrogen) atoms. The maximum atomic E-state index is 11.8. The van der Waals surface area contributed by atoms with Crippen LogP contribution in [0.4, 0.5) is 0 Å². The van der Waals surface area contributed by atoms with E-state index in [-0.39, 0.29) is 5.78 Å². The molecule has 4 nitrogen and oxygen atoms in total. The third kappa shape index (κ3) is 3.04. The van der Waals surface area contributed by atoms with Gasteiger partial charge in [-0.1, -0.05) is 30.3 Å². The van der Waals surface area contributed by atoms with E-state index in [1.54, 1.807) is 18.2 Å². The van der Waals surface area contributed by atoms with Gasteiger partial charge >= 0.3 is 0 Å². The summed E-state index contributed by atoms with van der Waals surface area (Å²) in [5, 5.41) is 9.71. The van der Waals surface area contributed by atoms with E-state index >= 15 is 0 Å². The molecule has 1 fully saturated rings. The van der Waals surface area contributed by atoms with Crippen molar-refractivity contribution in [2.75, 3.05) is 7.11 Å². The highest BCUT2D eigenvalue weighted by Crippen LogP contribution is 2.21. The van der Waals surface area contributed by atoms with Crippen molar-refractivity contribution >= 4 is 5.78 Å². The molecular weight excluding hydrogens is 232 g/mol. The molecule has 4 heteroatoms. The van der Waals surface area contributed by atoms with Gasteiger partial charge in [-0.2, -0.15) is 0 Å². The molecule has 96 valence electrons. The average molecular weight is 248 g/mol. The van der Waals surface area contributed by atoms with Gasteiger partial charge in [-0.3, -0.25) is 4.79 Å². The molecule has 0 spiro atoms. The number of hydrogen-bond acceptors (Lipinski definition) is 4. The van der Waals surface area contributed by atoms with Crippen LogP contribution in [0.25, 0.3) is 0 Å². The normalized spacial score (nSPS) is 27.8. The summed E-state index contributed by atoms with van der Waals surface area (Å²) < 4.78 is 10.4. The summed E-state index contributed by atoms with van der Waals surface area (Å²) in [4.78, 5) is 11.8. The zero-order valence-corrected chi connectivity index (χ0v) is 10.2. The number of allylic oxidation sites excluding steroid dienone is 1. The van der Waals surface area contributed by atoms with E-state index in [0.29, 0.717) is 12.0 Å². The number of ether oxygens (including phenoxy) is 2. The van der Waals surface area contributed by atoms with Gasteiger partial charge in [-0.15, -0.1) is 0 Å². The molecule has 2 rings (SSSR count). The molecule has 0 amide bonds. The summed E-state index contributed by atoms with van der Waals surface area (Å²) in [6.07, 6.45) is 1.92. The molecule has 0 aliphatic carbocycles. The van der Waals surface area contributed by atoms with Crippen LogP contribution in [0.3, 0.4) is 0 Å². The zero-order valence-electron chi connectivity index (χ0n) is 10.2. The average Bonchev–Trinajstić information content (AvgIpc) is 2.77. The maximum absolute atomic E-state index is 11.8. The summed E-state index contributed by atoms with van der Waals surface area (Å²) in [5.74, 6) is -0.104. The lowest BCUT2D eigenvalue weighted by Gasteiger charge is -2.09. The summed E-state index contributed by atoms with van der Waals surface area (Å²) in [7, 11) is 1.53. The van der Waals surface area contributed by atoms with Gasteiger partial charge < -0.3 is 14.6 Å². The SMILES string of the molecule is CO[C@@H]1C[C@H](O)[C@@H](/C=C/C(=O)c2ccccc2)O1. The molecule has 0 saturated carbocycles. The lowest BCUT2D eigenvalue weighted by Crippen LogP contribution is -2.18. The first-order valence-electron chi connectivity index (χ1n) is 5.84. The molecule has 0 unspecified atom stereocenters. The van der Waals surface area contributed by atoms with Crippen molar-refractivity contribution < 1.29 is 19.4 Å². The minimum absolute atomic E-state index is 0.104. The van der Waals surface area contributed by atoms with Gasteiger partial charge in [-0.05, 0) is 12.2 Å². The predicted octanol–water partition coefficient (Wildman–Crippen LogP) is 1.55. The molecule has 1 aliphatic rings. The number of aliphatic hydroxyl groups excluding tert-OH is 1. The van der Waals surface area contributed by atoms with E-state index in [4.69, 9.17) is 9.47 Å². The van der Waals surface area contributed by atoms with E-state index in [1.807, 2.05) is 18.2 Å². The lowest BCUT2D eigenvalue weighted by atomic mass is 10.1. The molecule has 1 heterocycles. The first-order valence-corrected chi connectivity index (χ1v) is 5.84. The van der Waals surface area contributed by atoms with E-state index in [2.05, 4.69) is 0 Å². The summed E-state index contributed by atoms with van der Waals surface area (Å²) >= 11 is 0. The number of ketones is 1. The lowest BCUT2D eigenvalue weighted by molar-refractivity contribution is -0.105. The summed E-state index contributed by atoms with van der Waals surface area (Å²) in [6.45, 7) is 0. The molecule has 0 radical (unpaired) electrons. The van der Waals surface area contributed by atoms with Crippen LogP contribution in [-0.2, 0) is 9.47 Å². The third-order valence-corrected chi connectivity index (χ3v) is 2.88. The molecule has 1 aliphatic heterocycles. The topological polar surface area (TPSA) is 55.8 Å². The minimum Gasteiger partial charge on any atom is -0.390 e. The third-order valence-electron chi connectivity index (χ3n) is 2.88. The quantitative estimate of drug-likeness (QED) is 0.649. The van der Waals surface area contributed by atoms with Crippen LogP contribution in [0.5, 0.6) is 0 Å². The van der Waals surface area contributed by atoms with Gasteiger partial charge in [0.15, 0.2) is 12.1 Å². The van der Waals surface area contributed by atoms with Gasteiger partial charge in [0.1, 0.15) is 6.10 Å². The first kappa shape index (κ1) is 13.0. The highest BCUT2D eigenvalue weighted by Gasteiger charge is 2.32. The smallest absolute Gasteiger partial charge is 0.185 e. The minimum atomic E-state index is -0.630. The van der Waals surface area contributed by atoms with Gasteiger partial charge in [-0.25, -0.2) is 0 Å². The Bertz CT molecular complexity index is 427. The fourth-order valence-corrected chi connectivity index (χ4v) is 1.86. The number of rotatable bonds is 4. The number of carbonyl (C=O) groups is 1. The highest BCUT2D eigenvalue weighted by molar-refractivity contribution is 6.04. The molecule has 0 bridgehead atoms. The molecular formula is C14H16O4. The Kier molecular flexibility index (Phi) is 4.25. The first-order chi connectivity index (χ1) is 8.70. The summed E-state index contributed by atoms with van der Waals surface area (Å²) in [5.41, 5.74) is 0.615. The second-order valence-corrected chi connectivity index (χ2v) is 4.16. The van der Waals surface area contributed by atoms with Gasteiger partial charge in [0.25, 0.3) is 0 Å². The van der Waals surface area contributed by atoms with Gasteiger partial charge in [0, 0.05) is 19.1 Å². The largest absolute Gasteiger partial charge is 0.390 e. The van der Waals surface area contributed by atoms with Crippen LogP contribution < -0.4 is 0 Å². The molecule has 3 atom stereocenters.